The van der Waals surface area contributed by atoms with E-state index in [0.29, 0.717) is 6.42 Å². The van der Waals surface area contributed by atoms with Crippen molar-refractivity contribution in [3.05, 3.63) is 35.9 Å². The van der Waals surface area contributed by atoms with Gasteiger partial charge in [0, 0.05) is 6.54 Å². The summed E-state index contributed by atoms with van der Waals surface area (Å²) in [6.45, 7) is 4.48. The van der Waals surface area contributed by atoms with Crippen molar-refractivity contribution in [3.63, 3.8) is 0 Å². The van der Waals surface area contributed by atoms with Gasteiger partial charge in [0.2, 0.25) is 0 Å². The van der Waals surface area contributed by atoms with Crippen LogP contribution < -0.4 is 5.32 Å². The molecule has 0 spiro atoms. The molecule has 1 aromatic rings. The number of unbranched alkanes of at least 4 members (excludes halogenated alkanes) is 26. The first-order chi connectivity index (χ1) is 27.9. The van der Waals surface area contributed by atoms with E-state index in [1.54, 1.807) is 0 Å². The number of aliphatic hydroxyl groups excluding tert-OH is 3. The average Bonchev–Trinajstić information content (AvgIpc) is 3.22. The topological polar surface area (TPSA) is 138 Å². The largest absolute Gasteiger partial charge is 0.449 e. The summed E-state index contributed by atoms with van der Waals surface area (Å²) < 4.78 is 17.3. The average molecular weight is 805 g/mol. The maximum Gasteiger partial charge on any atom is 0.411 e. The van der Waals surface area contributed by atoms with Crippen molar-refractivity contribution >= 4 is 12.2 Å². The minimum atomic E-state index is -1.53. The summed E-state index contributed by atoms with van der Waals surface area (Å²) in [5.74, 6) is 0. The van der Waals surface area contributed by atoms with E-state index in [0.717, 1.165) is 44.1 Å². The Hall–Kier alpha value is -2.40. The molecule has 0 radical (unpaired) electrons. The Labute approximate surface area is 347 Å². The quantitative estimate of drug-likeness (QED) is 0.0498. The van der Waals surface area contributed by atoms with Crippen LogP contribution in [0.3, 0.4) is 0 Å². The van der Waals surface area contributed by atoms with Crippen LogP contribution in [-0.2, 0) is 20.8 Å². The zero-order chi connectivity index (χ0) is 41.2. The highest BCUT2D eigenvalue weighted by Crippen LogP contribution is 2.26. The van der Waals surface area contributed by atoms with E-state index in [2.05, 4.69) is 19.2 Å². The van der Waals surface area contributed by atoms with Crippen molar-refractivity contribution in [3.8, 4) is 0 Å². The summed E-state index contributed by atoms with van der Waals surface area (Å²) in [7, 11) is 0. The van der Waals surface area contributed by atoms with Crippen molar-refractivity contribution in [2.24, 2.45) is 0 Å². The van der Waals surface area contributed by atoms with Crippen molar-refractivity contribution in [2.45, 2.75) is 231 Å². The number of nitrogens with zero attached hydrogens (tertiary/aromatic N) is 1. The highest BCUT2D eigenvalue weighted by molar-refractivity contribution is 5.69. The first-order valence-electron chi connectivity index (χ1n) is 23.5. The molecule has 0 unspecified atom stereocenters. The molecular weight excluding hydrogens is 721 g/mol. The lowest BCUT2D eigenvalue weighted by molar-refractivity contribution is -0.225. The molecule has 57 heavy (non-hydrogen) atoms. The van der Waals surface area contributed by atoms with E-state index in [1.165, 1.54) is 140 Å². The normalized spacial score (nSPS) is 19.4. The summed E-state index contributed by atoms with van der Waals surface area (Å²) in [5.41, 5.74) is 0.788. The fraction of sp³-hybridized carbons (Fsp3) is 0.830. The summed E-state index contributed by atoms with van der Waals surface area (Å²) in [6, 6.07) is 8.00. The Morgan fingerprint density at radius 3 is 1.51 bits per heavy atom. The third-order valence-corrected chi connectivity index (χ3v) is 11.4. The van der Waals surface area contributed by atoms with Crippen LogP contribution in [0.1, 0.15) is 199 Å². The van der Waals surface area contributed by atoms with E-state index >= 15 is 0 Å². The molecule has 0 aliphatic carbocycles. The first-order valence-corrected chi connectivity index (χ1v) is 23.5. The van der Waals surface area contributed by atoms with Crippen LogP contribution in [-0.4, -0.2) is 82.7 Å². The van der Waals surface area contributed by atoms with Gasteiger partial charge in [0.15, 0.2) is 6.23 Å². The highest BCUT2D eigenvalue weighted by atomic mass is 16.6. The second-order valence-electron chi connectivity index (χ2n) is 16.5. The van der Waals surface area contributed by atoms with Crippen molar-refractivity contribution in [1.29, 1.82) is 0 Å². The zero-order valence-electron chi connectivity index (χ0n) is 36.2. The Balaban J connectivity index is 1.87. The van der Waals surface area contributed by atoms with Crippen molar-refractivity contribution in [2.75, 3.05) is 19.8 Å². The van der Waals surface area contributed by atoms with Gasteiger partial charge in [-0.15, -0.1) is 0 Å². The fourth-order valence-corrected chi connectivity index (χ4v) is 7.76. The maximum atomic E-state index is 13.7. The Kier molecular flexibility index (Phi) is 30.7. The Bertz CT molecular complexity index is 1090. The van der Waals surface area contributed by atoms with Gasteiger partial charge in [-0.25, -0.2) is 9.59 Å². The van der Waals surface area contributed by atoms with Crippen LogP contribution in [0.5, 0.6) is 0 Å². The number of ether oxygens (including phenoxy) is 3. The van der Waals surface area contributed by atoms with Gasteiger partial charge in [-0.1, -0.05) is 211 Å². The van der Waals surface area contributed by atoms with Gasteiger partial charge >= 0.3 is 12.2 Å². The molecule has 1 aliphatic heterocycles. The zero-order valence-corrected chi connectivity index (χ0v) is 36.2. The molecule has 2 amide bonds. The second kappa shape index (κ2) is 34.5. The molecule has 10 heteroatoms. The number of alkyl carbamates (subject to hydrolysis) is 1. The van der Waals surface area contributed by atoms with E-state index < -0.39 is 49.4 Å². The van der Waals surface area contributed by atoms with Gasteiger partial charge in [0.1, 0.15) is 31.0 Å². The molecule has 10 nitrogen and oxygen atoms in total. The van der Waals surface area contributed by atoms with Crippen molar-refractivity contribution in [1.82, 2.24) is 10.2 Å². The lowest BCUT2D eigenvalue weighted by atomic mass is 9.95. The maximum absolute atomic E-state index is 13.7. The van der Waals surface area contributed by atoms with Crippen LogP contribution in [0.15, 0.2) is 30.3 Å². The predicted molar refractivity (Wildman–Crippen MR) is 230 cm³/mol. The molecule has 1 saturated heterocycles. The van der Waals surface area contributed by atoms with Crippen LogP contribution in [0.2, 0.25) is 0 Å². The van der Waals surface area contributed by atoms with Crippen LogP contribution in [0.25, 0.3) is 0 Å². The molecule has 4 N–H and O–H groups in total. The summed E-state index contributed by atoms with van der Waals surface area (Å²) in [4.78, 5) is 28.1. The molecule has 1 aromatic carbocycles. The van der Waals surface area contributed by atoms with Gasteiger partial charge in [-0.3, -0.25) is 4.90 Å². The third-order valence-electron chi connectivity index (χ3n) is 11.4. The first kappa shape index (κ1) is 50.7. The number of aliphatic hydroxyl groups is 3. The number of carbonyl (C=O) groups excluding carboxylic acids is 2. The number of benzene rings is 1. The lowest BCUT2D eigenvalue weighted by Crippen LogP contribution is -2.69. The second-order valence-corrected chi connectivity index (χ2v) is 16.5. The monoisotopic (exact) mass is 805 g/mol. The van der Waals surface area contributed by atoms with E-state index in [-0.39, 0.29) is 19.8 Å². The molecule has 0 bridgehead atoms. The van der Waals surface area contributed by atoms with E-state index in [4.69, 9.17) is 14.2 Å². The smallest absolute Gasteiger partial charge is 0.411 e. The SMILES string of the molecule is CCCCCCCCCCCCCCCCCCN(C(=O)OCCCCCCCCCCCCCC)[C@@H]1O[C@H](CO)[C@@H](O)[C@H](O)[C@H]1NC(=O)OCc1ccccc1. The molecular formula is C47H84N2O8. The fourth-order valence-electron chi connectivity index (χ4n) is 7.76. The number of nitrogens with one attached hydrogen (secondary N) is 1. The van der Waals surface area contributed by atoms with Gasteiger partial charge in [-0.2, -0.15) is 0 Å². The standard InChI is InChI=1S/C47H84N2O8/c1-3-5-7-9-11-13-15-17-18-19-20-21-23-25-27-32-36-49(47(54)55-37-33-28-26-24-22-16-14-12-10-8-6-4-2)45-42(44(52)43(51)41(38-50)57-45)48-46(53)56-39-40-34-30-29-31-35-40/h29-31,34-35,41-45,50-52H,3-28,32-33,36-39H2,1-2H3,(H,48,53)/t41-,42-,43-,44-,45-/m1/s1. The lowest BCUT2D eigenvalue weighted by Gasteiger charge is -2.46. The third kappa shape index (κ3) is 23.7. The van der Waals surface area contributed by atoms with Crippen LogP contribution in [0.4, 0.5) is 9.59 Å². The van der Waals surface area contributed by atoms with E-state index in [9.17, 15) is 24.9 Å². The van der Waals surface area contributed by atoms with Gasteiger partial charge in [-0.05, 0) is 18.4 Å². The Morgan fingerprint density at radius 1 is 0.614 bits per heavy atom. The number of hydrogen-bond acceptors (Lipinski definition) is 8. The summed E-state index contributed by atoms with van der Waals surface area (Å²) in [6.07, 6.45) is 27.4. The van der Waals surface area contributed by atoms with E-state index in [1.807, 2.05) is 30.3 Å². The van der Waals surface area contributed by atoms with Crippen LogP contribution in [0, 0.1) is 0 Å². The van der Waals surface area contributed by atoms with Gasteiger partial charge in [0.25, 0.3) is 0 Å². The molecule has 1 heterocycles. The number of carbonyl (C=O) groups is 2. The molecule has 330 valence electrons. The van der Waals surface area contributed by atoms with Crippen molar-refractivity contribution < 1.29 is 39.1 Å². The molecule has 1 fully saturated rings. The molecule has 2 rings (SSSR count). The number of hydrogen-bond donors (Lipinski definition) is 4. The van der Waals surface area contributed by atoms with Crippen LogP contribution >= 0.6 is 0 Å². The number of amides is 2. The summed E-state index contributed by atoms with van der Waals surface area (Å²) in [5, 5.41) is 34.6. The molecule has 0 aromatic heterocycles. The molecule has 0 saturated carbocycles. The molecule has 5 atom stereocenters. The molecule has 1 aliphatic rings. The Morgan fingerprint density at radius 2 is 1.05 bits per heavy atom. The minimum Gasteiger partial charge on any atom is -0.449 e. The number of rotatable bonds is 35. The van der Waals surface area contributed by atoms with Gasteiger partial charge in [0.05, 0.1) is 13.2 Å². The predicted octanol–water partition coefficient (Wildman–Crippen LogP) is 11.1. The highest BCUT2D eigenvalue weighted by Gasteiger charge is 2.48. The summed E-state index contributed by atoms with van der Waals surface area (Å²) >= 11 is 0. The minimum absolute atomic E-state index is 0.00677. The van der Waals surface area contributed by atoms with Gasteiger partial charge < -0.3 is 34.8 Å².